The number of rotatable bonds is 5. The van der Waals surface area contributed by atoms with Gasteiger partial charge >= 0.3 is 0 Å². The predicted octanol–water partition coefficient (Wildman–Crippen LogP) is 2.20. The van der Waals surface area contributed by atoms with E-state index in [-0.39, 0.29) is 17.4 Å². The molecule has 0 N–H and O–H groups in total. The lowest BCUT2D eigenvalue weighted by Gasteiger charge is -2.33. The Morgan fingerprint density at radius 3 is 2.89 bits per heavy atom. The topological polar surface area (TPSA) is 77.3 Å². The van der Waals surface area contributed by atoms with E-state index < -0.39 is 16.2 Å². The number of benzene rings is 1. The molecular weight excluding hydrogens is 403 g/mol. The van der Waals surface area contributed by atoms with Crippen molar-refractivity contribution in [1.29, 1.82) is 0 Å². The van der Waals surface area contributed by atoms with Gasteiger partial charge in [-0.2, -0.15) is 4.31 Å². The van der Waals surface area contributed by atoms with E-state index in [0.29, 0.717) is 31.7 Å². The van der Waals surface area contributed by atoms with Crippen LogP contribution in [0.1, 0.15) is 17.8 Å². The number of thioether (sulfide) groups is 1. The first kappa shape index (κ1) is 19.7. The fraction of sp³-hybridized carbons (Fsp3) is 0.556. The lowest BCUT2D eigenvalue weighted by Crippen LogP contribution is -2.45. The highest BCUT2D eigenvalue weighted by atomic mass is 32.2. The van der Waals surface area contributed by atoms with Crippen molar-refractivity contribution in [3.63, 3.8) is 0 Å². The van der Waals surface area contributed by atoms with Gasteiger partial charge in [0.05, 0.1) is 11.5 Å². The maximum Gasteiger partial charge on any atom is 0.243 e. The Bertz CT molecular complexity index is 979. The number of halogens is 1. The SMILES string of the molecule is Cc1nnc(SC[C@@H]2CCN(S(=O)(=O)c3ccc4c(c3)CCO4)C[C@H]2F)n1C. The van der Waals surface area contributed by atoms with Crippen molar-refractivity contribution < 1.29 is 17.5 Å². The summed E-state index contributed by atoms with van der Waals surface area (Å²) in [4.78, 5) is 0.214. The second kappa shape index (κ2) is 7.64. The number of alkyl halides is 1. The molecule has 152 valence electrons. The molecule has 1 aromatic carbocycles. The van der Waals surface area contributed by atoms with E-state index in [1.807, 2.05) is 18.5 Å². The van der Waals surface area contributed by atoms with Crippen molar-refractivity contribution in [3.8, 4) is 5.75 Å². The quantitative estimate of drug-likeness (QED) is 0.682. The van der Waals surface area contributed by atoms with Gasteiger partial charge in [0, 0.05) is 38.2 Å². The number of aryl methyl sites for hydroxylation is 1. The molecule has 0 bridgehead atoms. The number of hydrogen-bond acceptors (Lipinski definition) is 6. The molecule has 0 unspecified atom stereocenters. The van der Waals surface area contributed by atoms with E-state index in [2.05, 4.69) is 10.2 Å². The van der Waals surface area contributed by atoms with E-state index in [4.69, 9.17) is 4.74 Å². The van der Waals surface area contributed by atoms with Gasteiger partial charge in [0.25, 0.3) is 0 Å². The lowest BCUT2D eigenvalue weighted by molar-refractivity contribution is 0.146. The first-order valence-electron chi connectivity index (χ1n) is 9.25. The molecule has 28 heavy (non-hydrogen) atoms. The predicted molar refractivity (Wildman–Crippen MR) is 104 cm³/mol. The van der Waals surface area contributed by atoms with Crippen molar-refractivity contribution in [3.05, 3.63) is 29.6 Å². The van der Waals surface area contributed by atoms with Crippen molar-refractivity contribution in [1.82, 2.24) is 19.1 Å². The van der Waals surface area contributed by atoms with Crippen LogP contribution in [-0.2, 0) is 23.5 Å². The Kier molecular flexibility index (Phi) is 5.36. The highest BCUT2D eigenvalue weighted by Crippen LogP contribution is 2.32. The Hall–Kier alpha value is -1.65. The molecular formula is C18H23FN4O3S2. The van der Waals surface area contributed by atoms with Crippen molar-refractivity contribution >= 4 is 21.8 Å². The molecule has 0 spiro atoms. The average molecular weight is 427 g/mol. The summed E-state index contributed by atoms with van der Waals surface area (Å²) in [5, 5.41) is 8.84. The van der Waals surface area contributed by atoms with Crippen LogP contribution in [0.2, 0.25) is 0 Å². The van der Waals surface area contributed by atoms with Gasteiger partial charge in [-0.05, 0) is 37.1 Å². The van der Waals surface area contributed by atoms with Crippen LogP contribution in [0.15, 0.2) is 28.3 Å². The minimum absolute atomic E-state index is 0.112. The minimum Gasteiger partial charge on any atom is -0.493 e. The Morgan fingerprint density at radius 1 is 1.36 bits per heavy atom. The number of aromatic nitrogens is 3. The second-order valence-corrected chi connectivity index (χ2v) is 10.1. The van der Waals surface area contributed by atoms with Crippen LogP contribution in [0.25, 0.3) is 0 Å². The highest BCUT2D eigenvalue weighted by molar-refractivity contribution is 7.99. The Balaban J connectivity index is 1.41. The third-order valence-corrected chi connectivity index (χ3v) is 8.49. The summed E-state index contributed by atoms with van der Waals surface area (Å²) in [7, 11) is -1.83. The molecule has 7 nitrogen and oxygen atoms in total. The molecule has 2 atom stereocenters. The molecule has 1 aromatic heterocycles. The van der Waals surface area contributed by atoms with Crippen LogP contribution in [0.4, 0.5) is 4.39 Å². The van der Waals surface area contributed by atoms with Crippen LogP contribution in [0.3, 0.4) is 0 Å². The standard InChI is InChI=1S/C18H23FN4O3S2/c1-12-20-21-18(22(12)2)27-11-14-5-7-23(10-16(14)19)28(24,25)15-3-4-17-13(9-15)6-8-26-17/h3-4,9,14,16H,5-8,10-11H2,1-2H3/t14-,16+/m0/s1. The number of fused-ring (bicyclic) bond motifs is 1. The van der Waals surface area contributed by atoms with Gasteiger partial charge in [-0.3, -0.25) is 0 Å². The van der Waals surface area contributed by atoms with Crippen molar-refractivity contribution in [2.75, 3.05) is 25.4 Å². The summed E-state index contributed by atoms with van der Waals surface area (Å²) in [5.41, 5.74) is 0.892. The zero-order valence-electron chi connectivity index (χ0n) is 15.8. The van der Waals surface area contributed by atoms with Crippen LogP contribution < -0.4 is 4.74 Å². The molecule has 2 aromatic rings. The monoisotopic (exact) mass is 426 g/mol. The normalized spacial score (nSPS) is 22.8. The van der Waals surface area contributed by atoms with E-state index in [9.17, 15) is 12.8 Å². The Morgan fingerprint density at radius 2 is 2.18 bits per heavy atom. The average Bonchev–Trinajstić information content (AvgIpc) is 3.27. The highest BCUT2D eigenvalue weighted by Gasteiger charge is 2.36. The smallest absolute Gasteiger partial charge is 0.243 e. The van der Waals surface area contributed by atoms with E-state index in [1.165, 1.54) is 16.1 Å². The van der Waals surface area contributed by atoms with Gasteiger partial charge in [0.15, 0.2) is 5.16 Å². The molecule has 4 rings (SSSR count). The summed E-state index contributed by atoms with van der Waals surface area (Å²) in [6, 6.07) is 4.89. The maximum atomic E-state index is 14.8. The number of ether oxygens (including phenoxy) is 1. The van der Waals surface area contributed by atoms with Crippen LogP contribution in [-0.4, -0.2) is 59.1 Å². The molecule has 10 heteroatoms. The van der Waals surface area contributed by atoms with Crippen LogP contribution in [0, 0.1) is 12.8 Å². The van der Waals surface area contributed by atoms with Crippen LogP contribution >= 0.6 is 11.8 Å². The van der Waals surface area contributed by atoms with Gasteiger partial charge in [-0.15, -0.1) is 10.2 Å². The summed E-state index contributed by atoms with van der Waals surface area (Å²) in [6.45, 7) is 2.64. The fourth-order valence-electron chi connectivity index (χ4n) is 3.50. The van der Waals surface area contributed by atoms with Gasteiger partial charge in [-0.25, -0.2) is 12.8 Å². The van der Waals surface area contributed by atoms with E-state index >= 15 is 0 Å². The molecule has 2 aliphatic heterocycles. The third-order valence-electron chi connectivity index (χ3n) is 5.42. The largest absolute Gasteiger partial charge is 0.493 e. The molecule has 1 fully saturated rings. The molecule has 0 saturated carbocycles. The number of sulfonamides is 1. The zero-order chi connectivity index (χ0) is 19.9. The lowest BCUT2D eigenvalue weighted by atomic mass is 9.98. The van der Waals surface area contributed by atoms with Crippen molar-refractivity contribution in [2.24, 2.45) is 13.0 Å². The summed E-state index contributed by atoms with van der Waals surface area (Å²) in [6.07, 6.45) is -0.0214. The van der Waals surface area contributed by atoms with E-state index in [1.54, 1.807) is 18.2 Å². The molecule has 0 radical (unpaired) electrons. The Labute approximate surface area is 168 Å². The van der Waals surface area contributed by atoms with Gasteiger partial charge in [0.1, 0.15) is 17.7 Å². The molecule has 0 aliphatic carbocycles. The van der Waals surface area contributed by atoms with Crippen molar-refractivity contribution in [2.45, 2.75) is 36.0 Å². The summed E-state index contributed by atoms with van der Waals surface area (Å²) < 4.78 is 49.3. The fourth-order valence-corrected chi connectivity index (χ4v) is 6.18. The summed E-state index contributed by atoms with van der Waals surface area (Å²) >= 11 is 1.46. The van der Waals surface area contributed by atoms with Gasteiger partial charge in [0.2, 0.25) is 10.0 Å². The number of piperidine rings is 1. The van der Waals surface area contributed by atoms with E-state index in [0.717, 1.165) is 22.3 Å². The first-order valence-corrected chi connectivity index (χ1v) is 11.7. The zero-order valence-corrected chi connectivity index (χ0v) is 17.5. The molecule has 1 saturated heterocycles. The van der Waals surface area contributed by atoms with Crippen LogP contribution in [0.5, 0.6) is 5.75 Å². The minimum atomic E-state index is -3.71. The maximum absolute atomic E-state index is 14.8. The number of nitrogens with zero attached hydrogens (tertiary/aromatic N) is 4. The van der Waals surface area contributed by atoms with Gasteiger partial charge < -0.3 is 9.30 Å². The number of hydrogen-bond donors (Lipinski definition) is 0. The van der Waals surface area contributed by atoms with Gasteiger partial charge in [-0.1, -0.05) is 11.8 Å². The third kappa shape index (κ3) is 3.65. The summed E-state index contributed by atoms with van der Waals surface area (Å²) in [5.74, 6) is 1.89. The molecule has 0 amide bonds. The second-order valence-electron chi connectivity index (χ2n) is 7.20. The molecule has 3 heterocycles. The molecule has 2 aliphatic rings. The first-order chi connectivity index (χ1) is 13.4.